The summed E-state index contributed by atoms with van der Waals surface area (Å²) in [7, 11) is 1.41. The molecule has 21 heavy (non-hydrogen) atoms. The van der Waals surface area contributed by atoms with Crippen LogP contribution in [0.4, 0.5) is 0 Å². The standard InChI is InChI=1S/C17H18ClNO2/c1-21-17(20)16(11-13-5-3-2-4-6-13)19-12-14-7-9-15(18)10-8-14/h2-10,16,19H,11-12H2,1H3/t16-/m0/s1. The molecule has 1 N–H and O–H groups in total. The highest BCUT2D eigenvalue weighted by molar-refractivity contribution is 6.30. The summed E-state index contributed by atoms with van der Waals surface area (Å²) in [6.45, 7) is 0.587. The van der Waals surface area contributed by atoms with Crippen molar-refractivity contribution in [1.29, 1.82) is 0 Å². The number of hydrogen-bond donors (Lipinski definition) is 1. The largest absolute Gasteiger partial charge is 0.468 e. The number of nitrogens with one attached hydrogen (secondary N) is 1. The Balaban J connectivity index is 1.99. The summed E-state index contributed by atoms with van der Waals surface area (Å²) >= 11 is 5.86. The van der Waals surface area contributed by atoms with Crippen LogP contribution in [0.25, 0.3) is 0 Å². The third-order valence-electron chi connectivity index (χ3n) is 3.23. The molecule has 0 aliphatic rings. The Labute approximate surface area is 129 Å². The lowest BCUT2D eigenvalue weighted by atomic mass is 10.1. The zero-order chi connectivity index (χ0) is 15.1. The molecule has 2 rings (SSSR count). The highest BCUT2D eigenvalue weighted by Gasteiger charge is 2.18. The van der Waals surface area contributed by atoms with Crippen molar-refractivity contribution in [3.05, 3.63) is 70.7 Å². The first-order valence-electron chi connectivity index (χ1n) is 6.78. The van der Waals surface area contributed by atoms with Gasteiger partial charge in [-0.2, -0.15) is 0 Å². The smallest absolute Gasteiger partial charge is 0.323 e. The van der Waals surface area contributed by atoms with Crippen LogP contribution in [0.1, 0.15) is 11.1 Å². The lowest BCUT2D eigenvalue weighted by molar-refractivity contribution is -0.143. The lowest BCUT2D eigenvalue weighted by Crippen LogP contribution is -2.39. The summed E-state index contributed by atoms with van der Waals surface area (Å²) in [4.78, 5) is 11.9. The SMILES string of the molecule is COC(=O)[C@H](Cc1ccccc1)NCc1ccc(Cl)cc1. The van der Waals surface area contributed by atoms with Crippen molar-refractivity contribution >= 4 is 17.6 Å². The summed E-state index contributed by atoms with van der Waals surface area (Å²) in [5, 5.41) is 3.94. The molecule has 0 saturated carbocycles. The van der Waals surface area contributed by atoms with Crippen molar-refractivity contribution in [2.45, 2.75) is 19.0 Å². The number of rotatable bonds is 6. The number of carbonyl (C=O) groups is 1. The number of hydrogen-bond acceptors (Lipinski definition) is 3. The zero-order valence-corrected chi connectivity index (χ0v) is 12.6. The molecular weight excluding hydrogens is 286 g/mol. The number of benzene rings is 2. The van der Waals surface area contributed by atoms with Crippen LogP contribution in [0.15, 0.2) is 54.6 Å². The Bertz CT molecular complexity index is 569. The minimum absolute atomic E-state index is 0.257. The van der Waals surface area contributed by atoms with E-state index < -0.39 is 0 Å². The second-order valence-corrected chi connectivity index (χ2v) is 5.21. The summed E-state index contributed by atoms with van der Waals surface area (Å²) in [5.74, 6) is -0.257. The van der Waals surface area contributed by atoms with Crippen molar-refractivity contribution < 1.29 is 9.53 Å². The van der Waals surface area contributed by atoms with E-state index in [1.165, 1.54) is 7.11 Å². The zero-order valence-electron chi connectivity index (χ0n) is 11.9. The van der Waals surface area contributed by atoms with Gasteiger partial charge in [-0.3, -0.25) is 4.79 Å². The molecule has 0 fully saturated rings. The third kappa shape index (κ3) is 4.88. The number of ether oxygens (including phenoxy) is 1. The van der Waals surface area contributed by atoms with Gasteiger partial charge in [-0.05, 0) is 29.7 Å². The monoisotopic (exact) mass is 303 g/mol. The van der Waals surface area contributed by atoms with Gasteiger partial charge in [0.2, 0.25) is 0 Å². The molecule has 0 heterocycles. The predicted octanol–water partition coefficient (Wildman–Crippen LogP) is 3.21. The molecule has 2 aromatic rings. The van der Waals surface area contributed by atoms with E-state index in [2.05, 4.69) is 5.32 Å². The first kappa shape index (κ1) is 15.5. The van der Waals surface area contributed by atoms with Crippen LogP contribution in [0.2, 0.25) is 5.02 Å². The maximum absolute atomic E-state index is 11.9. The fourth-order valence-corrected chi connectivity index (χ4v) is 2.20. The summed E-state index contributed by atoms with van der Waals surface area (Å²) in [6, 6.07) is 17.1. The van der Waals surface area contributed by atoms with Crippen molar-refractivity contribution in [1.82, 2.24) is 5.32 Å². The van der Waals surface area contributed by atoms with E-state index in [1.54, 1.807) is 0 Å². The first-order valence-corrected chi connectivity index (χ1v) is 7.16. The van der Waals surface area contributed by atoms with Crippen LogP contribution in [-0.2, 0) is 22.5 Å². The predicted molar refractivity (Wildman–Crippen MR) is 84.2 cm³/mol. The van der Waals surface area contributed by atoms with Gasteiger partial charge >= 0.3 is 5.97 Å². The fourth-order valence-electron chi connectivity index (χ4n) is 2.07. The Kier molecular flexibility index (Phi) is 5.78. The normalized spacial score (nSPS) is 11.9. The van der Waals surface area contributed by atoms with E-state index in [9.17, 15) is 4.79 Å². The second-order valence-electron chi connectivity index (χ2n) is 4.77. The van der Waals surface area contributed by atoms with Gasteiger partial charge in [0.15, 0.2) is 0 Å². The maximum atomic E-state index is 11.9. The Morgan fingerprint density at radius 1 is 1.10 bits per heavy atom. The van der Waals surface area contributed by atoms with Crippen LogP contribution in [0.5, 0.6) is 0 Å². The molecule has 1 atom stereocenters. The van der Waals surface area contributed by atoms with Crippen LogP contribution >= 0.6 is 11.6 Å². The third-order valence-corrected chi connectivity index (χ3v) is 3.49. The van der Waals surface area contributed by atoms with Crippen molar-refractivity contribution in [2.75, 3.05) is 7.11 Å². The number of halogens is 1. The van der Waals surface area contributed by atoms with E-state index >= 15 is 0 Å². The first-order chi connectivity index (χ1) is 10.2. The van der Waals surface area contributed by atoms with Gasteiger partial charge in [-0.1, -0.05) is 54.1 Å². The summed E-state index contributed by atoms with van der Waals surface area (Å²) in [5.41, 5.74) is 2.16. The molecule has 110 valence electrons. The van der Waals surface area contributed by atoms with Crippen LogP contribution < -0.4 is 5.32 Å². The van der Waals surface area contributed by atoms with Crippen LogP contribution in [0.3, 0.4) is 0 Å². The molecule has 0 saturated heterocycles. The Morgan fingerprint density at radius 2 is 1.76 bits per heavy atom. The van der Waals surface area contributed by atoms with Crippen molar-refractivity contribution in [3.8, 4) is 0 Å². The molecule has 4 heteroatoms. The van der Waals surface area contributed by atoms with Gasteiger partial charge in [0.1, 0.15) is 6.04 Å². The Morgan fingerprint density at radius 3 is 2.38 bits per heavy atom. The Hall–Kier alpha value is -1.84. The minimum Gasteiger partial charge on any atom is -0.468 e. The topological polar surface area (TPSA) is 38.3 Å². The summed E-state index contributed by atoms with van der Waals surface area (Å²) < 4.78 is 4.87. The van der Waals surface area contributed by atoms with Gasteiger partial charge in [0, 0.05) is 11.6 Å². The molecule has 0 aliphatic heterocycles. The average Bonchev–Trinajstić information content (AvgIpc) is 2.53. The lowest BCUT2D eigenvalue weighted by Gasteiger charge is -2.16. The average molecular weight is 304 g/mol. The molecule has 0 spiro atoms. The van der Waals surface area contributed by atoms with E-state index in [4.69, 9.17) is 16.3 Å². The number of methoxy groups -OCH3 is 1. The highest BCUT2D eigenvalue weighted by Crippen LogP contribution is 2.10. The highest BCUT2D eigenvalue weighted by atomic mass is 35.5. The molecule has 3 nitrogen and oxygen atoms in total. The molecule has 0 amide bonds. The van der Waals surface area contributed by atoms with Crippen molar-refractivity contribution in [2.24, 2.45) is 0 Å². The fraction of sp³-hybridized carbons (Fsp3) is 0.235. The molecule has 0 bridgehead atoms. The molecule has 0 unspecified atom stereocenters. The second kappa shape index (κ2) is 7.81. The van der Waals surface area contributed by atoms with Gasteiger partial charge in [-0.15, -0.1) is 0 Å². The van der Waals surface area contributed by atoms with Crippen LogP contribution in [0, 0.1) is 0 Å². The molecular formula is C17H18ClNO2. The number of esters is 1. The number of carbonyl (C=O) groups excluding carboxylic acids is 1. The molecule has 0 aromatic heterocycles. The quantitative estimate of drug-likeness (QED) is 0.833. The van der Waals surface area contributed by atoms with E-state index in [0.717, 1.165) is 11.1 Å². The molecule has 0 radical (unpaired) electrons. The molecule has 2 aromatic carbocycles. The van der Waals surface area contributed by atoms with Gasteiger partial charge < -0.3 is 10.1 Å². The van der Waals surface area contributed by atoms with E-state index in [0.29, 0.717) is 18.0 Å². The van der Waals surface area contributed by atoms with Crippen LogP contribution in [-0.4, -0.2) is 19.1 Å². The van der Waals surface area contributed by atoms with E-state index in [-0.39, 0.29) is 12.0 Å². The van der Waals surface area contributed by atoms with Gasteiger partial charge in [-0.25, -0.2) is 0 Å². The van der Waals surface area contributed by atoms with Crippen molar-refractivity contribution in [3.63, 3.8) is 0 Å². The molecule has 0 aliphatic carbocycles. The minimum atomic E-state index is -0.368. The maximum Gasteiger partial charge on any atom is 0.323 e. The van der Waals surface area contributed by atoms with E-state index in [1.807, 2.05) is 54.6 Å². The summed E-state index contributed by atoms with van der Waals surface area (Å²) in [6.07, 6.45) is 0.598. The van der Waals surface area contributed by atoms with Gasteiger partial charge in [0.25, 0.3) is 0 Å². The van der Waals surface area contributed by atoms with Gasteiger partial charge in [0.05, 0.1) is 7.11 Å².